The van der Waals surface area contributed by atoms with Gasteiger partial charge in [0, 0.05) is 6.42 Å². The monoisotopic (exact) mass is 1120 g/mol. The number of amides is 1. The summed E-state index contributed by atoms with van der Waals surface area (Å²) in [5, 5.41) is 64.5. The Balaban J connectivity index is 2.12. The minimum atomic E-state index is -5.06. The van der Waals surface area contributed by atoms with Gasteiger partial charge in [-0.3, -0.25) is 13.8 Å². The van der Waals surface area contributed by atoms with Crippen molar-refractivity contribution in [3.05, 3.63) is 0 Å². The minimum absolute atomic E-state index is 0.244. The van der Waals surface area contributed by atoms with Gasteiger partial charge >= 0.3 is 7.82 Å². The maximum absolute atomic E-state index is 13.1. The second-order valence-corrected chi connectivity index (χ2v) is 25.4. The molecule has 0 heterocycles. The van der Waals surface area contributed by atoms with Crippen LogP contribution in [0.2, 0.25) is 0 Å². The molecule has 1 fully saturated rings. The molecule has 0 radical (unpaired) electrons. The van der Waals surface area contributed by atoms with Crippen LogP contribution in [0.25, 0.3) is 0 Å². The number of hydrogen-bond donors (Lipinski definition) is 8. The number of aliphatic hydroxyl groups excluding tert-OH is 6. The summed E-state index contributed by atoms with van der Waals surface area (Å²) < 4.78 is 23.1. The van der Waals surface area contributed by atoms with Crippen molar-refractivity contribution in [3.8, 4) is 0 Å². The van der Waals surface area contributed by atoms with Crippen molar-refractivity contribution in [2.24, 2.45) is 0 Å². The van der Waals surface area contributed by atoms with E-state index in [0.717, 1.165) is 38.5 Å². The van der Waals surface area contributed by atoms with Crippen LogP contribution in [0.4, 0.5) is 0 Å². The quantitative estimate of drug-likeness (QED) is 0.0212. The van der Waals surface area contributed by atoms with Crippen molar-refractivity contribution >= 4 is 13.7 Å². The van der Waals surface area contributed by atoms with Crippen molar-refractivity contribution in [1.82, 2.24) is 5.32 Å². The Morgan fingerprint density at radius 3 is 0.896 bits per heavy atom. The van der Waals surface area contributed by atoms with E-state index in [4.69, 9.17) is 9.05 Å². The van der Waals surface area contributed by atoms with Gasteiger partial charge < -0.3 is 40.8 Å². The van der Waals surface area contributed by atoms with Crippen LogP contribution in [0.3, 0.4) is 0 Å². The largest absolute Gasteiger partial charge is 0.472 e. The van der Waals surface area contributed by atoms with Crippen LogP contribution in [0.1, 0.15) is 348 Å². The van der Waals surface area contributed by atoms with Gasteiger partial charge in [-0.25, -0.2) is 4.57 Å². The zero-order valence-electron chi connectivity index (χ0n) is 50.3. The van der Waals surface area contributed by atoms with Gasteiger partial charge in [-0.1, -0.05) is 328 Å². The summed E-state index contributed by atoms with van der Waals surface area (Å²) >= 11 is 0. The van der Waals surface area contributed by atoms with Gasteiger partial charge in [-0.2, -0.15) is 0 Å². The molecule has 0 aromatic carbocycles. The zero-order valence-corrected chi connectivity index (χ0v) is 51.2. The molecule has 0 aromatic rings. The lowest BCUT2D eigenvalue weighted by molar-refractivity contribution is -0.220. The molecular formula is C64H128NO11P. The molecule has 0 aliphatic heterocycles. The number of phosphoric acid groups is 1. The third-order valence-corrected chi connectivity index (χ3v) is 17.7. The Kier molecular flexibility index (Phi) is 51.5. The van der Waals surface area contributed by atoms with Gasteiger partial charge in [0.05, 0.1) is 18.8 Å². The van der Waals surface area contributed by atoms with Gasteiger partial charge in [0.15, 0.2) is 0 Å². The zero-order chi connectivity index (χ0) is 56.3. The molecule has 1 amide bonds. The number of rotatable bonds is 59. The Bertz CT molecular complexity index is 1300. The Hall–Kier alpha value is -0.660. The molecule has 0 aromatic heterocycles. The van der Waals surface area contributed by atoms with Gasteiger partial charge in [0.2, 0.25) is 5.91 Å². The first kappa shape index (κ1) is 74.4. The first-order valence-corrected chi connectivity index (χ1v) is 35.0. The number of carbonyl (C=O) groups excluding carboxylic acids is 1. The topological polar surface area (TPSA) is 206 Å². The summed E-state index contributed by atoms with van der Waals surface area (Å²) in [6, 6.07) is -1.03. The Morgan fingerprint density at radius 2 is 0.623 bits per heavy atom. The van der Waals surface area contributed by atoms with Gasteiger partial charge in [0.1, 0.15) is 36.6 Å². The standard InChI is InChI=1S/C64H128NO11P/c1-3-5-7-9-11-13-15-17-19-20-21-22-23-24-25-26-27-28-29-30-31-32-33-34-35-36-37-38-39-40-42-44-46-48-50-52-54-58(67)65-56(55-75-77(73,74)76-64-62(71)60(69)59(68)61(70)63(64)72)57(66)53-51-49-47-45-43-41-18-16-14-12-10-8-6-4-2/h56-57,59-64,66,68-72H,3-55H2,1-2H3,(H,65,67)(H,73,74)/t56-,57+,59?,60+,61?,62?,63?,64?/m0/s1. The third-order valence-electron chi connectivity index (χ3n) is 16.7. The molecule has 0 saturated heterocycles. The van der Waals surface area contributed by atoms with Crippen molar-refractivity contribution in [2.45, 2.75) is 396 Å². The van der Waals surface area contributed by atoms with Crippen LogP contribution >= 0.6 is 7.82 Å². The summed E-state index contributed by atoms with van der Waals surface area (Å²) in [7, 11) is -5.06. The number of nitrogens with one attached hydrogen (secondary N) is 1. The molecule has 460 valence electrons. The van der Waals surface area contributed by atoms with E-state index < -0.39 is 63.2 Å². The highest BCUT2D eigenvalue weighted by Gasteiger charge is 2.51. The molecule has 8 N–H and O–H groups in total. The summed E-state index contributed by atoms with van der Waals surface area (Å²) in [5.41, 5.74) is 0. The summed E-state index contributed by atoms with van der Waals surface area (Å²) in [6.07, 6.45) is 53.3. The maximum atomic E-state index is 13.1. The molecule has 1 aliphatic carbocycles. The highest BCUT2D eigenvalue weighted by atomic mass is 31.2. The molecule has 13 heteroatoms. The fourth-order valence-electron chi connectivity index (χ4n) is 11.3. The number of unbranched alkanes of at least 4 members (excludes halogenated alkanes) is 48. The Labute approximate surface area is 474 Å². The van der Waals surface area contributed by atoms with Crippen LogP contribution in [-0.2, 0) is 18.4 Å². The van der Waals surface area contributed by atoms with Crippen molar-refractivity contribution in [3.63, 3.8) is 0 Å². The van der Waals surface area contributed by atoms with E-state index in [1.807, 2.05) is 0 Å². The van der Waals surface area contributed by atoms with E-state index in [-0.39, 0.29) is 12.3 Å². The average molecular weight is 1120 g/mol. The number of phosphoric ester groups is 1. The van der Waals surface area contributed by atoms with E-state index >= 15 is 0 Å². The molecule has 12 nitrogen and oxygen atoms in total. The average Bonchev–Trinajstić information content (AvgIpc) is 3.42. The molecule has 1 saturated carbocycles. The van der Waals surface area contributed by atoms with Crippen molar-refractivity contribution in [2.75, 3.05) is 6.61 Å². The van der Waals surface area contributed by atoms with E-state index in [1.54, 1.807) is 0 Å². The highest BCUT2D eigenvalue weighted by molar-refractivity contribution is 7.47. The van der Waals surface area contributed by atoms with Crippen LogP contribution in [0.15, 0.2) is 0 Å². The molecule has 0 spiro atoms. The number of aliphatic hydroxyl groups is 6. The predicted octanol–water partition coefficient (Wildman–Crippen LogP) is 16.5. The highest BCUT2D eigenvalue weighted by Crippen LogP contribution is 2.47. The molecule has 1 rings (SSSR count). The third kappa shape index (κ3) is 43.7. The van der Waals surface area contributed by atoms with Crippen molar-refractivity contribution in [1.29, 1.82) is 0 Å². The fraction of sp³-hybridized carbons (Fsp3) is 0.984. The fourth-order valence-corrected chi connectivity index (χ4v) is 12.3. The van der Waals surface area contributed by atoms with Crippen LogP contribution in [0.5, 0.6) is 0 Å². The van der Waals surface area contributed by atoms with Gasteiger partial charge in [-0.15, -0.1) is 0 Å². The lowest BCUT2D eigenvalue weighted by Gasteiger charge is -2.41. The molecule has 0 bridgehead atoms. The molecule has 9 atom stereocenters. The van der Waals surface area contributed by atoms with Crippen LogP contribution in [0, 0.1) is 0 Å². The molecule has 77 heavy (non-hydrogen) atoms. The van der Waals surface area contributed by atoms with E-state index in [1.165, 1.54) is 270 Å². The first-order chi connectivity index (χ1) is 37.4. The van der Waals surface area contributed by atoms with E-state index in [0.29, 0.717) is 19.3 Å². The SMILES string of the molecule is CCCCCCCCCCCCCCCCCCCCCCCCCCCCCCCCCCCCCCC(=O)N[C@@H](COP(=O)(O)OC1C(O)C(O)C(O)[C@@H](O)C1O)[C@H](O)CCCCCCCCCCCCCCCC. The van der Waals surface area contributed by atoms with Gasteiger partial charge in [-0.05, 0) is 12.8 Å². The lowest BCUT2D eigenvalue weighted by atomic mass is 9.85. The van der Waals surface area contributed by atoms with Crippen LogP contribution in [-0.4, -0.2) is 96.8 Å². The summed E-state index contributed by atoms with van der Waals surface area (Å²) in [5.74, 6) is -0.299. The first-order valence-electron chi connectivity index (χ1n) is 33.5. The molecule has 1 aliphatic rings. The minimum Gasteiger partial charge on any atom is -0.391 e. The number of hydrogen-bond acceptors (Lipinski definition) is 10. The lowest BCUT2D eigenvalue weighted by Crippen LogP contribution is -2.64. The maximum Gasteiger partial charge on any atom is 0.472 e. The molecule has 6 unspecified atom stereocenters. The van der Waals surface area contributed by atoms with Crippen molar-refractivity contribution < 1.29 is 53.9 Å². The normalized spacial score (nSPS) is 20.4. The second-order valence-electron chi connectivity index (χ2n) is 24.0. The van der Waals surface area contributed by atoms with Gasteiger partial charge in [0.25, 0.3) is 0 Å². The second kappa shape index (κ2) is 53.4. The summed E-state index contributed by atoms with van der Waals surface area (Å²) in [4.78, 5) is 23.6. The van der Waals surface area contributed by atoms with E-state index in [2.05, 4.69) is 19.2 Å². The van der Waals surface area contributed by atoms with Crippen LogP contribution < -0.4 is 5.32 Å². The summed E-state index contributed by atoms with van der Waals surface area (Å²) in [6.45, 7) is 3.95. The number of carbonyl (C=O) groups is 1. The predicted molar refractivity (Wildman–Crippen MR) is 320 cm³/mol. The Morgan fingerprint density at radius 1 is 0.390 bits per heavy atom. The smallest absolute Gasteiger partial charge is 0.391 e. The molecular weight excluding hydrogens is 990 g/mol. The van der Waals surface area contributed by atoms with E-state index in [9.17, 15) is 44.9 Å².